The van der Waals surface area contributed by atoms with E-state index < -0.39 is 0 Å². The van der Waals surface area contributed by atoms with Crippen molar-refractivity contribution in [3.8, 4) is 11.5 Å². The van der Waals surface area contributed by atoms with E-state index >= 15 is 0 Å². The molecular formula is C23H33NO4. The molecule has 1 aromatic rings. The topological polar surface area (TPSA) is 48.0 Å². The zero-order valence-electron chi connectivity index (χ0n) is 18.0. The number of benzene rings is 1. The van der Waals surface area contributed by atoms with E-state index in [0.717, 1.165) is 43.1 Å². The Bertz CT molecular complexity index is 764. The van der Waals surface area contributed by atoms with E-state index in [2.05, 4.69) is 50.9 Å². The second-order valence-electron chi connectivity index (χ2n) is 9.25. The van der Waals surface area contributed by atoms with E-state index in [9.17, 15) is 4.79 Å². The molecule has 0 spiro atoms. The molecule has 1 fully saturated rings. The van der Waals surface area contributed by atoms with Gasteiger partial charge in [0.1, 0.15) is 5.76 Å². The van der Waals surface area contributed by atoms with E-state index in [1.807, 2.05) is 6.07 Å². The highest BCUT2D eigenvalue weighted by Gasteiger charge is 2.48. The lowest BCUT2D eigenvalue weighted by atomic mass is 9.68. The van der Waals surface area contributed by atoms with Gasteiger partial charge in [-0.3, -0.25) is 9.69 Å². The summed E-state index contributed by atoms with van der Waals surface area (Å²) < 4.78 is 16.7. The van der Waals surface area contributed by atoms with Crippen LogP contribution in [0, 0.1) is 5.41 Å². The van der Waals surface area contributed by atoms with Crippen molar-refractivity contribution in [2.45, 2.75) is 57.9 Å². The number of esters is 1. The lowest BCUT2D eigenvalue weighted by molar-refractivity contribution is -0.142. The number of methoxy groups -OCH3 is 2. The summed E-state index contributed by atoms with van der Waals surface area (Å²) in [5.74, 6) is 2.17. The number of hydrogen-bond acceptors (Lipinski definition) is 5. The van der Waals surface area contributed by atoms with Crippen molar-refractivity contribution >= 4 is 5.97 Å². The van der Waals surface area contributed by atoms with Gasteiger partial charge in [-0.25, -0.2) is 0 Å². The van der Waals surface area contributed by atoms with Gasteiger partial charge in [-0.1, -0.05) is 26.8 Å². The predicted molar refractivity (Wildman–Crippen MR) is 110 cm³/mol. The fraction of sp³-hybridized carbons (Fsp3) is 0.609. The minimum atomic E-state index is -0.141. The third kappa shape index (κ3) is 4.04. The van der Waals surface area contributed by atoms with Gasteiger partial charge in [-0.2, -0.15) is 0 Å². The average molecular weight is 388 g/mol. The van der Waals surface area contributed by atoms with Gasteiger partial charge in [0, 0.05) is 17.9 Å². The van der Waals surface area contributed by atoms with E-state index in [1.54, 1.807) is 14.2 Å². The highest BCUT2D eigenvalue weighted by atomic mass is 16.5. The van der Waals surface area contributed by atoms with Crippen molar-refractivity contribution in [1.29, 1.82) is 0 Å². The molecule has 0 aromatic heterocycles. The second kappa shape index (κ2) is 7.78. The molecule has 0 saturated carbocycles. The third-order valence-corrected chi connectivity index (χ3v) is 5.99. The molecule has 1 aliphatic heterocycles. The number of ether oxygens (including phenoxy) is 3. The van der Waals surface area contributed by atoms with E-state index in [4.69, 9.17) is 14.2 Å². The number of carbonyl (C=O) groups excluding carboxylic acids is 1. The van der Waals surface area contributed by atoms with Crippen molar-refractivity contribution < 1.29 is 19.0 Å². The van der Waals surface area contributed by atoms with Crippen LogP contribution >= 0.6 is 0 Å². The first-order valence-electron chi connectivity index (χ1n) is 10.0. The summed E-state index contributed by atoms with van der Waals surface area (Å²) in [6.45, 7) is 7.17. The summed E-state index contributed by atoms with van der Waals surface area (Å²) in [4.78, 5) is 14.7. The SMILES string of the molecule is COc1ccc([C@@]23CCC(OC(=O)CC(C)(C)C)=C[C@@H]2N(C)CC3)cc1OC. The molecule has 3 rings (SSSR count). The third-order valence-electron chi connectivity index (χ3n) is 5.99. The maximum Gasteiger partial charge on any atom is 0.311 e. The molecule has 5 heteroatoms. The Kier molecular flexibility index (Phi) is 5.76. The standard InChI is InChI=1S/C23H33NO4/c1-22(2,3)15-21(25)28-17-9-10-23(11-12-24(4)20(23)14-17)16-7-8-18(26-5)19(13-16)27-6/h7-8,13-14,20H,9-12,15H2,1-6H3/t20-,23-/m0/s1. The predicted octanol–water partition coefficient (Wildman–Crippen LogP) is 4.30. The molecule has 0 amide bonds. The van der Waals surface area contributed by atoms with Gasteiger partial charge < -0.3 is 14.2 Å². The quantitative estimate of drug-likeness (QED) is 0.705. The first kappa shape index (κ1) is 20.7. The minimum absolute atomic E-state index is 0.00817. The van der Waals surface area contributed by atoms with Crippen LogP contribution in [0.25, 0.3) is 0 Å². The molecule has 0 radical (unpaired) electrons. The second-order valence-corrected chi connectivity index (χ2v) is 9.25. The molecule has 5 nitrogen and oxygen atoms in total. The molecule has 0 unspecified atom stereocenters. The summed E-state index contributed by atoms with van der Waals surface area (Å²) in [5.41, 5.74) is 1.20. The van der Waals surface area contributed by atoms with Crippen LogP contribution < -0.4 is 9.47 Å². The Morgan fingerprint density at radius 3 is 2.54 bits per heavy atom. The number of likely N-dealkylation sites (tertiary alicyclic amines) is 1. The van der Waals surface area contributed by atoms with E-state index in [0.29, 0.717) is 6.42 Å². The summed E-state index contributed by atoms with van der Waals surface area (Å²) in [7, 11) is 5.47. The zero-order valence-corrected chi connectivity index (χ0v) is 18.0. The fourth-order valence-corrected chi connectivity index (χ4v) is 4.56. The molecule has 0 N–H and O–H groups in total. The molecule has 1 aliphatic carbocycles. The lowest BCUT2D eigenvalue weighted by Gasteiger charge is -2.40. The van der Waals surface area contributed by atoms with Gasteiger partial charge in [-0.05, 0) is 55.6 Å². The van der Waals surface area contributed by atoms with E-state index in [-0.39, 0.29) is 22.8 Å². The monoisotopic (exact) mass is 387 g/mol. The Balaban J connectivity index is 1.87. The van der Waals surface area contributed by atoms with Crippen LogP contribution in [0.2, 0.25) is 0 Å². The van der Waals surface area contributed by atoms with Crippen molar-refractivity contribution in [2.24, 2.45) is 5.41 Å². The maximum atomic E-state index is 12.3. The molecule has 1 heterocycles. The average Bonchev–Trinajstić information content (AvgIpc) is 2.97. The van der Waals surface area contributed by atoms with Gasteiger partial charge in [0.25, 0.3) is 0 Å². The van der Waals surface area contributed by atoms with E-state index in [1.165, 1.54) is 5.56 Å². The Hall–Kier alpha value is -2.01. The zero-order chi connectivity index (χ0) is 20.5. The largest absolute Gasteiger partial charge is 0.493 e. The van der Waals surface area contributed by atoms with Gasteiger partial charge in [0.15, 0.2) is 11.5 Å². The number of nitrogens with zero attached hydrogens (tertiary/aromatic N) is 1. The van der Waals surface area contributed by atoms with Gasteiger partial charge in [0.2, 0.25) is 0 Å². The summed E-state index contributed by atoms with van der Waals surface area (Å²) in [6, 6.07) is 6.45. The summed E-state index contributed by atoms with van der Waals surface area (Å²) in [5, 5.41) is 0. The van der Waals surface area contributed by atoms with Crippen molar-refractivity contribution in [1.82, 2.24) is 4.90 Å². The van der Waals surface area contributed by atoms with Crippen molar-refractivity contribution in [2.75, 3.05) is 27.8 Å². The van der Waals surface area contributed by atoms with Crippen LogP contribution in [0.15, 0.2) is 30.0 Å². The number of carbonyl (C=O) groups is 1. The molecular weight excluding hydrogens is 354 g/mol. The molecule has 1 aromatic carbocycles. The fourth-order valence-electron chi connectivity index (χ4n) is 4.56. The van der Waals surface area contributed by atoms with Crippen molar-refractivity contribution in [3.63, 3.8) is 0 Å². The normalized spacial score (nSPS) is 25.1. The first-order valence-corrected chi connectivity index (χ1v) is 10.0. The van der Waals surface area contributed by atoms with Crippen LogP contribution in [0.4, 0.5) is 0 Å². The van der Waals surface area contributed by atoms with Crippen LogP contribution in [0.5, 0.6) is 11.5 Å². The number of hydrogen-bond donors (Lipinski definition) is 0. The molecule has 1 saturated heterocycles. The highest BCUT2D eigenvalue weighted by molar-refractivity contribution is 5.71. The van der Waals surface area contributed by atoms with Gasteiger partial charge in [-0.15, -0.1) is 0 Å². The maximum absolute atomic E-state index is 12.3. The Morgan fingerprint density at radius 2 is 1.89 bits per heavy atom. The smallest absolute Gasteiger partial charge is 0.311 e. The molecule has 154 valence electrons. The van der Waals surface area contributed by atoms with Gasteiger partial charge in [0.05, 0.1) is 20.6 Å². The van der Waals surface area contributed by atoms with Crippen LogP contribution in [-0.4, -0.2) is 44.7 Å². The number of fused-ring (bicyclic) bond motifs is 1. The summed E-state index contributed by atoms with van der Waals surface area (Å²) in [6.07, 6.45) is 5.38. The summed E-state index contributed by atoms with van der Waals surface area (Å²) >= 11 is 0. The van der Waals surface area contributed by atoms with Crippen LogP contribution in [-0.2, 0) is 14.9 Å². The van der Waals surface area contributed by atoms with Crippen molar-refractivity contribution in [3.05, 3.63) is 35.6 Å². The molecule has 28 heavy (non-hydrogen) atoms. The molecule has 2 aliphatic rings. The molecule has 2 atom stereocenters. The lowest BCUT2D eigenvalue weighted by Crippen LogP contribution is -2.42. The van der Waals surface area contributed by atoms with Crippen LogP contribution in [0.3, 0.4) is 0 Å². The highest BCUT2D eigenvalue weighted by Crippen LogP contribution is 2.49. The first-order chi connectivity index (χ1) is 13.2. The van der Waals surface area contributed by atoms with Crippen LogP contribution in [0.1, 0.15) is 52.0 Å². The number of rotatable bonds is 5. The van der Waals surface area contributed by atoms with Gasteiger partial charge >= 0.3 is 5.97 Å². The number of likely N-dealkylation sites (N-methyl/N-ethyl adjacent to an activating group) is 1. The Labute approximate surface area is 168 Å². The molecule has 0 bridgehead atoms. The minimum Gasteiger partial charge on any atom is -0.493 e. The Morgan fingerprint density at radius 1 is 1.18 bits per heavy atom. The number of allylic oxidation sites excluding steroid dienone is 1.